The maximum absolute atomic E-state index is 12.7. The molecule has 4 rings (SSSR count). The third-order valence-corrected chi connectivity index (χ3v) is 5.61. The second kappa shape index (κ2) is 3.80. The summed E-state index contributed by atoms with van der Waals surface area (Å²) >= 11 is 0. The van der Waals surface area contributed by atoms with Crippen molar-refractivity contribution in [2.75, 3.05) is 7.05 Å². The van der Waals surface area contributed by atoms with Crippen LogP contribution in [0.4, 0.5) is 0 Å². The van der Waals surface area contributed by atoms with E-state index in [0.29, 0.717) is 0 Å². The summed E-state index contributed by atoms with van der Waals surface area (Å²) in [6, 6.07) is 6.17. The van der Waals surface area contributed by atoms with Gasteiger partial charge in [-0.15, -0.1) is 0 Å². The molecule has 1 unspecified atom stereocenters. The second-order valence-electron chi connectivity index (χ2n) is 7.17. The molecule has 3 aliphatic rings. The van der Waals surface area contributed by atoms with Crippen LogP contribution in [0.2, 0.25) is 0 Å². The van der Waals surface area contributed by atoms with Crippen molar-refractivity contribution in [2.45, 2.75) is 56.2 Å². The third kappa shape index (κ3) is 1.75. The minimum absolute atomic E-state index is 0.0127. The Morgan fingerprint density at radius 1 is 1.29 bits per heavy atom. The molecule has 1 aromatic rings. The Labute approximate surface area is 125 Å². The van der Waals surface area contributed by atoms with Gasteiger partial charge in [0.05, 0.1) is 5.54 Å². The summed E-state index contributed by atoms with van der Waals surface area (Å²) in [6.07, 6.45) is 3.73. The van der Waals surface area contributed by atoms with E-state index in [1.807, 2.05) is 26.1 Å². The van der Waals surface area contributed by atoms with E-state index < -0.39 is 5.60 Å². The van der Waals surface area contributed by atoms with Crippen LogP contribution in [0.5, 0.6) is 5.75 Å². The molecule has 1 heterocycles. The molecule has 2 aliphatic carbocycles. The van der Waals surface area contributed by atoms with Crippen molar-refractivity contribution in [3.63, 3.8) is 0 Å². The number of fused-ring (bicyclic) bond motifs is 2. The van der Waals surface area contributed by atoms with Crippen molar-refractivity contribution in [3.8, 4) is 5.75 Å². The summed E-state index contributed by atoms with van der Waals surface area (Å²) in [6.45, 7) is 3.99. The summed E-state index contributed by atoms with van der Waals surface area (Å²) < 4.78 is 6.06. The first-order valence-corrected chi connectivity index (χ1v) is 7.72. The normalized spacial score (nSPS) is 38.8. The van der Waals surface area contributed by atoms with Gasteiger partial charge in [-0.25, -0.2) is 0 Å². The summed E-state index contributed by atoms with van der Waals surface area (Å²) in [5, 5.41) is 6.54. The van der Waals surface area contributed by atoms with E-state index in [2.05, 4.69) is 23.6 Å². The molecule has 0 radical (unpaired) electrons. The third-order valence-electron chi connectivity index (χ3n) is 5.61. The lowest BCUT2D eigenvalue weighted by atomic mass is 9.91. The van der Waals surface area contributed by atoms with Crippen molar-refractivity contribution < 1.29 is 9.53 Å². The molecule has 2 N–H and O–H groups in total. The highest BCUT2D eigenvalue weighted by Crippen LogP contribution is 2.70. The lowest BCUT2D eigenvalue weighted by molar-refractivity contribution is -0.137. The van der Waals surface area contributed by atoms with Crippen LogP contribution in [-0.2, 0) is 11.2 Å². The molecule has 0 spiro atoms. The van der Waals surface area contributed by atoms with Crippen molar-refractivity contribution in [3.05, 3.63) is 29.3 Å². The van der Waals surface area contributed by atoms with E-state index in [-0.39, 0.29) is 17.0 Å². The molecule has 1 aromatic carbocycles. The number of likely N-dealkylation sites (N-methyl/N-ethyl adjacent to an activating group) is 1. The summed E-state index contributed by atoms with van der Waals surface area (Å²) in [5.74, 6) is 0.886. The fraction of sp³-hybridized carbons (Fsp3) is 0.588. The maximum Gasteiger partial charge on any atom is 0.264 e. The Hall–Kier alpha value is -1.55. The average molecular weight is 286 g/mol. The van der Waals surface area contributed by atoms with Gasteiger partial charge in [0.2, 0.25) is 0 Å². The van der Waals surface area contributed by atoms with Crippen LogP contribution < -0.4 is 15.4 Å². The van der Waals surface area contributed by atoms with Gasteiger partial charge < -0.3 is 15.4 Å². The topological polar surface area (TPSA) is 50.4 Å². The number of nitrogens with one attached hydrogen (secondary N) is 2. The highest BCUT2D eigenvalue weighted by atomic mass is 16.5. The number of carbonyl (C=O) groups is 1. The maximum atomic E-state index is 12.7. The van der Waals surface area contributed by atoms with Crippen LogP contribution in [0.1, 0.15) is 37.3 Å². The molecule has 1 atom stereocenters. The second-order valence-corrected chi connectivity index (χ2v) is 7.17. The smallest absolute Gasteiger partial charge is 0.264 e. The zero-order valence-corrected chi connectivity index (χ0v) is 12.9. The van der Waals surface area contributed by atoms with Crippen LogP contribution in [0.3, 0.4) is 0 Å². The first-order chi connectivity index (χ1) is 9.92. The minimum Gasteiger partial charge on any atom is -0.477 e. The predicted molar refractivity (Wildman–Crippen MR) is 80.4 cm³/mol. The number of hydrogen-bond donors (Lipinski definition) is 2. The molecular weight excluding hydrogens is 264 g/mol. The number of ether oxygens (including phenoxy) is 1. The first-order valence-electron chi connectivity index (χ1n) is 7.72. The van der Waals surface area contributed by atoms with Gasteiger partial charge in [0.25, 0.3) is 5.91 Å². The number of rotatable bonds is 3. The van der Waals surface area contributed by atoms with Crippen LogP contribution in [-0.4, -0.2) is 29.6 Å². The van der Waals surface area contributed by atoms with Gasteiger partial charge in [-0.1, -0.05) is 17.7 Å². The van der Waals surface area contributed by atoms with Gasteiger partial charge in [0, 0.05) is 12.0 Å². The molecule has 1 amide bonds. The van der Waals surface area contributed by atoms with Gasteiger partial charge in [0.1, 0.15) is 5.75 Å². The fourth-order valence-corrected chi connectivity index (χ4v) is 3.69. The molecule has 0 saturated heterocycles. The summed E-state index contributed by atoms with van der Waals surface area (Å²) in [5.41, 5.74) is 1.89. The predicted octanol–water partition coefficient (Wildman–Crippen LogP) is 1.70. The van der Waals surface area contributed by atoms with Crippen molar-refractivity contribution in [1.29, 1.82) is 0 Å². The Kier molecular flexibility index (Phi) is 2.38. The molecule has 21 heavy (non-hydrogen) atoms. The first kappa shape index (κ1) is 13.1. The highest BCUT2D eigenvalue weighted by molar-refractivity contribution is 5.88. The van der Waals surface area contributed by atoms with E-state index >= 15 is 0 Å². The largest absolute Gasteiger partial charge is 0.477 e. The lowest BCUT2D eigenvalue weighted by Gasteiger charge is -2.35. The highest BCUT2D eigenvalue weighted by Gasteiger charge is 2.84. The molecule has 4 heteroatoms. The lowest BCUT2D eigenvalue weighted by Crippen LogP contribution is -2.52. The number of carbonyl (C=O) groups excluding carboxylic acids is 1. The Morgan fingerprint density at radius 2 is 2.05 bits per heavy atom. The quantitative estimate of drug-likeness (QED) is 0.889. The number of hydrogen-bond acceptors (Lipinski definition) is 3. The van der Waals surface area contributed by atoms with Gasteiger partial charge in [-0.05, 0) is 51.8 Å². The van der Waals surface area contributed by atoms with Crippen LogP contribution in [0.15, 0.2) is 18.2 Å². The molecule has 2 saturated carbocycles. The van der Waals surface area contributed by atoms with E-state index in [0.717, 1.165) is 31.4 Å². The average Bonchev–Trinajstić information content (AvgIpc) is 3.25. The summed E-state index contributed by atoms with van der Waals surface area (Å²) in [7, 11) is 1.97. The van der Waals surface area contributed by atoms with Gasteiger partial charge in [-0.2, -0.15) is 0 Å². The molecule has 112 valence electrons. The monoisotopic (exact) mass is 286 g/mol. The molecule has 4 nitrogen and oxygen atoms in total. The molecule has 0 bridgehead atoms. The Bertz CT molecular complexity index is 634. The Morgan fingerprint density at radius 3 is 2.71 bits per heavy atom. The van der Waals surface area contributed by atoms with Crippen molar-refractivity contribution >= 4 is 5.91 Å². The van der Waals surface area contributed by atoms with Gasteiger partial charge in [0.15, 0.2) is 5.60 Å². The Balaban J connectivity index is 1.50. The zero-order valence-electron chi connectivity index (χ0n) is 12.9. The van der Waals surface area contributed by atoms with Crippen molar-refractivity contribution in [1.82, 2.24) is 10.6 Å². The zero-order chi connectivity index (χ0) is 14.9. The fourth-order valence-electron chi connectivity index (χ4n) is 3.69. The number of aryl methyl sites for hydroxylation is 2. The van der Waals surface area contributed by atoms with E-state index in [9.17, 15) is 4.79 Å². The molecular formula is C17H22N2O2. The number of benzene rings is 1. The summed E-state index contributed by atoms with van der Waals surface area (Å²) in [4.78, 5) is 12.7. The van der Waals surface area contributed by atoms with Gasteiger partial charge in [-0.3, -0.25) is 4.79 Å². The molecule has 2 fully saturated rings. The van der Waals surface area contributed by atoms with Crippen molar-refractivity contribution in [2.24, 2.45) is 0 Å². The van der Waals surface area contributed by atoms with Gasteiger partial charge >= 0.3 is 0 Å². The van der Waals surface area contributed by atoms with Crippen LogP contribution in [0.25, 0.3) is 0 Å². The van der Waals surface area contributed by atoms with Crippen LogP contribution >= 0.6 is 0 Å². The van der Waals surface area contributed by atoms with E-state index in [1.165, 1.54) is 11.1 Å². The molecule has 0 aromatic heterocycles. The SMILES string of the molecule is CNC12CC1(NC(=O)C1(C)CCc3cc(C)ccc3O1)C2. The number of amides is 1. The minimum atomic E-state index is -0.748. The van der Waals surface area contributed by atoms with E-state index in [4.69, 9.17) is 4.74 Å². The van der Waals surface area contributed by atoms with Crippen LogP contribution in [0, 0.1) is 6.92 Å². The van der Waals surface area contributed by atoms with E-state index in [1.54, 1.807) is 0 Å². The standard InChI is InChI=1S/C17H22N2O2/c1-11-4-5-13-12(8-11)6-7-15(2,21-13)14(20)19-17-9-16(17,10-17)18-3/h4-5,8,18H,6-7,9-10H2,1-3H3,(H,19,20). The molecule has 1 aliphatic heterocycles.